The average Bonchev–Trinajstić information content (AvgIpc) is 3.11. The minimum absolute atomic E-state index is 0.00767. The summed E-state index contributed by atoms with van der Waals surface area (Å²) >= 11 is 0. The van der Waals surface area contributed by atoms with Crippen molar-refractivity contribution in [1.82, 2.24) is 15.0 Å². The third kappa shape index (κ3) is 3.28. The Bertz CT molecular complexity index is 1280. The molecule has 0 atom stereocenters. The number of ether oxygens (including phenoxy) is 1. The molecule has 4 aromatic rings. The first-order valence-electron chi connectivity index (χ1n) is 8.28. The number of fused-ring (bicyclic) bond motifs is 1. The van der Waals surface area contributed by atoms with Crippen LogP contribution in [-0.2, 0) is 10.0 Å². The molecule has 0 spiro atoms. The molecule has 8 nitrogen and oxygen atoms in total. The van der Waals surface area contributed by atoms with Crippen LogP contribution in [0, 0.1) is 0 Å². The van der Waals surface area contributed by atoms with Crippen LogP contribution < -0.4 is 15.6 Å². The molecule has 2 aromatic carbocycles. The molecule has 2 aromatic heterocycles. The van der Waals surface area contributed by atoms with Crippen LogP contribution in [0.5, 0.6) is 5.75 Å². The standard InChI is InChI=1S/C19H17N5O3S/c1-27-13-4-2-11(3-5-13)12-8-15(18(20)22-10-12)19-23-16-7-6-14(28(21,25)26)9-17(16)24-19/h2-10H,1H3,(H2,20,22)(H,23,24)(H2,21,25,26). The maximum Gasteiger partial charge on any atom is 0.238 e. The maximum absolute atomic E-state index is 11.6. The van der Waals surface area contributed by atoms with Crippen molar-refractivity contribution in [3.63, 3.8) is 0 Å². The number of aromatic nitrogens is 3. The molecular weight excluding hydrogens is 378 g/mol. The fourth-order valence-electron chi connectivity index (χ4n) is 2.90. The molecule has 9 heteroatoms. The van der Waals surface area contributed by atoms with E-state index in [4.69, 9.17) is 15.6 Å². The SMILES string of the molecule is COc1ccc(-c2cnc(N)c(-c3nc4ccc(S(N)(=O)=O)cc4[nH]3)c2)cc1. The molecule has 142 valence electrons. The fourth-order valence-corrected chi connectivity index (χ4v) is 3.44. The summed E-state index contributed by atoms with van der Waals surface area (Å²) in [7, 11) is -2.19. The zero-order chi connectivity index (χ0) is 19.9. The normalized spacial score (nSPS) is 11.6. The Morgan fingerprint density at radius 2 is 1.79 bits per heavy atom. The number of benzene rings is 2. The number of rotatable bonds is 4. The molecule has 4 rings (SSSR count). The Morgan fingerprint density at radius 3 is 2.46 bits per heavy atom. The first-order valence-corrected chi connectivity index (χ1v) is 9.82. The molecular formula is C19H17N5O3S. The monoisotopic (exact) mass is 395 g/mol. The number of nitrogens with two attached hydrogens (primary N) is 2. The largest absolute Gasteiger partial charge is 0.497 e. The first-order chi connectivity index (χ1) is 13.3. The van der Waals surface area contributed by atoms with Gasteiger partial charge in [-0.05, 0) is 42.0 Å². The minimum Gasteiger partial charge on any atom is -0.497 e. The third-order valence-electron chi connectivity index (χ3n) is 4.38. The summed E-state index contributed by atoms with van der Waals surface area (Å²) in [4.78, 5) is 11.9. The average molecular weight is 395 g/mol. The summed E-state index contributed by atoms with van der Waals surface area (Å²) in [5.41, 5.74) is 9.61. The van der Waals surface area contributed by atoms with Crippen molar-refractivity contribution < 1.29 is 13.2 Å². The highest BCUT2D eigenvalue weighted by atomic mass is 32.2. The lowest BCUT2D eigenvalue weighted by Crippen LogP contribution is -2.11. The number of sulfonamides is 1. The van der Waals surface area contributed by atoms with Crippen LogP contribution in [0.15, 0.2) is 59.6 Å². The van der Waals surface area contributed by atoms with Crippen molar-refractivity contribution >= 4 is 26.9 Å². The predicted octanol–water partition coefficient (Wildman–Crippen LogP) is 2.53. The van der Waals surface area contributed by atoms with E-state index in [1.165, 1.54) is 12.1 Å². The van der Waals surface area contributed by atoms with E-state index in [0.717, 1.165) is 16.9 Å². The number of nitrogen functional groups attached to an aromatic ring is 1. The minimum atomic E-state index is -3.80. The Morgan fingerprint density at radius 1 is 1.04 bits per heavy atom. The summed E-state index contributed by atoms with van der Waals surface area (Å²) in [6, 6.07) is 13.9. The van der Waals surface area contributed by atoms with E-state index in [-0.39, 0.29) is 4.90 Å². The van der Waals surface area contributed by atoms with E-state index >= 15 is 0 Å². The van der Waals surface area contributed by atoms with E-state index in [9.17, 15) is 8.42 Å². The van der Waals surface area contributed by atoms with Crippen molar-refractivity contribution in [2.75, 3.05) is 12.8 Å². The molecule has 2 heterocycles. The van der Waals surface area contributed by atoms with Gasteiger partial charge in [-0.15, -0.1) is 0 Å². The number of primary sulfonamides is 1. The second-order valence-corrected chi connectivity index (χ2v) is 7.76. The molecule has 0 aliphatic rings. The number of aromatic amines is 1. The topological polar surface area (TPSA) is 137 Å². The van der Waals surface area contributed by atoms with E-state index in [0.29, 0.717) is 28.2 Å². The summed E-state index contributed by atoms with van der Waals surface area (Å²) in [6.45, 7) is 0. The number of H-pyrrole nitrogens is 1. The Hall–Kier alpha value is -3.43. The molecule has 0 saturated carbocycles. The van der Waals surface area contributed by atoms with Gasteiger partial charge < -0.3 is 15.5 Å². The van der Waals surface area contributed by atoms with Gasteiger partial charge in [0.25, 0.3) is 0 Å². The van der Waals surface area contributed by atoms with Gasteiger partial charge in [-0.3, -0.25) is 0 Å². The molecule has 0 saturated heterocycles. The molecule has 0 bridgehead atoms. The van der Waals surface area contributed by atoms with Gasteiger partial charge in [-0.1, -0.05) is 12.1 Å². The van der Waals surface area contributed by atoms with Crippen LogP contribution in [0.2, 0.25) is 0 Å². The van der Waals surface area contributed by atoms with E-state index in [1.807, 2.05) is 30.3 Å². The highest BCUT2D eigenvalue weighted by Gasteiger charge is 2.14. The van der Waals surface area contributed by atoms with Gasteiger partial charge in [0.05, 0.1) is 28.6 Å². The predicted molar refractivity (Wildman–Crippen MR) is 107 cm³/mol. The van der Waals surface area contributed by atoms with Gasteiger partial charge in [0, 0.05) is 11.8 Å². The molecule has 0 unspecified atom stereocenters. The van der Waals surface area contributed by atoms with Crippen LogP contribution in [0.1, 0.15) is 0 Å². The Labute approximate surface area is 161 Å². The number of methoxy groups -OCH3 is 1. The maximum atomic E-state index is 11.6. The number of pyridine rings is 1. The Balaban J connectivity index is 1.80. The van der Waals surface area contributed by atoms with Crippen LogP contribution >= 0.6 is 0 Å². The summed E-state index contributed by atoms with van der Waals surface area (Å²) in [5, 5.41) is 5.19. The fraction of sp³-hybridized carbons (Fsp3) is 0.0526. The molecule has 0 aliphatic carbocycles. The van der Waals surface area contributed by atoms with Crippen molar-refractivity contribution in [1.29, 1.82) is 0 Å². The summed E-state index contributed by atoms with van der Waals surface area (Å²) < 4.78 is 28.3. The van der Waals surface area contributed by atoms with Gasteiger partial charge >= 0.3 is 0 Å². The van der Waals surface area contributed by atoms with Crippen molar-refractivity contribution in [2.45, 2.75) is 4.90 Å². The quantitative estimate of drug-likeness (QED) is 0.485. The van der Waals surface area contributed by atoms with Gasteiger partial charge in [0.2, 0.25) is 10.0 Å². The molecule has 0 aliphatic heterocycles. The third-order valence-corrected chi connectivity index (χ3v) is 5.29. The van der Waals surface area contributed by atoms with Crippen molar-refractivity contribution in [2.24, 2.45) is 5.14 Å². The molecule has 0 fully saturated rings. The highest BCUT2D eigenvalue weighted by molar-refractivity contribution is 7.89. The van der Waals surface area contributed by atoms with Gasteiger partial charge in [-0.25, -0.2) is 23.5 Å². The molecule has 28 heavy (non-hydrogen) atoms. The second kappa shape index (κ2) is 6.63. The van der Waals surface area contributed by atoms with Crippen LogP contribution in [0.3, 0.4) is 0 Å². The number of anilines is 1. The number of nitrogens with one attached hydrogen (secondary N) is 1. The van der Waals surface area contributed by atoms with E-state index < -0.39 is 10.0 Å². The molecule has 5 N–H and O–H groups in total. The lowest BCUT2D eigenvalue weighted by molar-refractivity contribution is 0.415. The number of hydrogen-bond acceptors (Lipinski definition) is 6. The van der Waals surface area contributed by atoms with E-state index in [2.05, 4.69) is 15.0 Å². The summed E-state index contributed by atoms with van der Waals surface area (Å²) in [6.07, 6.45) is 1.68. The summed E-state index contributed by atoms with van der Waals surface area (Å²) in [5.74, 6) is 1.56. The first kappa shape index (κ1) is 18.0. The van der Waals surface area contributed by atoms with Crippen molar-refractivity contribution in [3.05, 3.63) is 54.7 Å². The number of nitrogens with zero attached hydrogens (tertiary/aromatic N) is 2. The Kier molecular flexibility index (Phi) is 4.25. The van der Waals surface area contributed by atoms with Crippen LogP contribution in [0.4, 0.5) is 5.82 Å². The van der Waals surface area contributed by atoms with E-state index in [1.54, 1.807) is 19.4 Å². The lowest BCUT2D eigenvalue weighted by Gasteiger charge is -2.07. The van der Waals surface area contributed by atoms with Gasteiger partial charge in [-0.2, -0.15) is 0 Å². The lowest BCUT2D eigenvalue weighted by atomic mass is 10.1. The van der Waals surface area contributed by atoms with Crippen LogP contribution in [-0.4, -0.2) is 30.5 Å². The van der Waals surface area contributed by atoms with Crippen LogP contribution in [0.25, 0.3) is 33.5 Å². The number of imidazole rings is 1. The molecule has 0 radical (unpaired) electrons. The second-order valence-electron chi connectivity index (χ2n) is 6.19. The highest BCUT2D eigenvalue weighted by Crippen LogP contribution is 2.30. The zero-order valence-corrected chi connectivity index (χ0v) is 15.7. The van der Waals surface area contributed by atoms with Crippen molar-refractivity contribution in [3.8, 4) is 28.3 Å². The zero-order valence-electron chi connectivity index (χ0n) is 14.9. The smallest absolute Gasteiger partial charge is 0.238 e. The van der Waals surface area contributed by atoms with Gasteiger partial charge in [0.1, 0.15) is 17.4 Å². The number of hydrogen-bond donors (Lipinski definition) is 3. The molecule has 0 amide bonds. The van der Waals surface area contributed by atoms with Gasteiger partial charge in [0.15, 0.2) is 0 Å².